The van der Waals surface area contributed by atoms with Crippen LogP contribution in [0.1, 0.15) is 37.4 Å². The highest BCUT2D eigenvalue weighted by atomic mass is 32.2. The molecule has 1 aliphatic rings. The Labute approximate surface area is 209 Å². The van der Waals surface area contributed by atoms with Gasteiger partial charge < -0.3 is 14.8 Å². The van der Waals surface area contributed by atoms with Crippen molar-refractivity contribution in [2.75, 3.05) is 40.0 Å². The zero-order chi connectivity index (χ0) is 25.4. The molecule has 1 fully saturated rings. The molecule has 1 amide bonds. The number of aryl methyl sites for hydroxylation is 1. The van der Waals surface area contributed by atoms with E-state index in [1.165, 1.54) is 0 Å². The number of methoxy groups -OCH3 is 1. The first-order chi connectivity index (χ1) is 16.7. The highest BCUT2D eigenvalue weighted by Crippen LogP contribution is 2.24. The third kappa shape index (κ3) is 7.76. The summed E-state index contributed by atoms with van der Waals surface area (Å²) in [5.41, 5.74) is 2.02. The predicted molar refractivity (Wildman–Crippen MR) is 136 cm³/mol. The van der Waals surface area contributed by atoms with Gasteiger partial charge in [-0.2, -0.15) is 4.72 Å². The first-order valence-corrected chi connectivity index (χ1v) is 13.5. The zero-order valence-corrected chi connectivity index (χ0v) is 21.8. The van der Waals surface area contributed by atoms with Crippen molar-refractivity contribution in [3.8, 4) is 5.75 Å². The van der Waals surface area contributed by atoms with Crippen LogP contribution in [-0.4, -0.2) is 65.2 Å². The minimum absolute atomic E-state index is 0.0674. The number of hydrogen-bond donors (Lipinski definition) is 2. The van der Waals surface area contributed by atoms with Crippen molar-refractivity contribution in [1.29, 1.82) is 0 Å². The van der Waals surface area contributed by atoms with Crippen LogP contribution in [0.2, 0.25) is 0 Å². The molecule has 1 aliphatic heterocycles. The van der Waals surface area contributed by atoms with Crippen LogP contribution < -0.4 is 14.8 Å². The van der Waals surface area contributed by atoms with Crippen molar-refractivity contribution in [3.63, 3.8) is 0 Å². The van der Waals surface area contributed by atoms with E-state index in [2.05, 4.69) is 14.9 Å². The van der Waals surface area contributed by atoms with Gasteiger partial charge >= 0.3 is 0 Å². The molecule has 0 bridgehead atoms. The van der Waals surface area contributed by atoms with Crippen LogP contribution in [0.15, 0.2) is 53.4 Å². The number of carbonyl (C=O) groups is 1. The molecule has 192 valence electrons. The number of rotatable bonds is 11. The smallest absolute Gasteiger partial charge is 0.241 e. The van der Waals surface area contributed by atoms with Gasteiger partial charge in [0.2, 0.25) is 15.9 Å². The van der Waals surface area contributed by atoms with Crippen LogP contribution in [0.25, 0.3) is 0 Å². The largest absolute Gasteiger partial charge is 0.497 e. The molecule has 0 spiro atoms. The van der Waals surface area contributed by atoms with E-state index in [9.17, 15) is 13.2 Å². The molecule has 9 heteroatoms. The van der Waals surface area contributed by atoms with Crippen molar-refractivity contribution >= 4 is 15.9 Å². The minimum atomic E-state index is -3.84. The van der Waals surface area contributed by atoms with Crippen LogP contribution in [-0.2, 0) is 19.6 Å². The molecule has 1 saturated heterocycles. The van der Waals surface area contributed by atoms with Crippen LogP contribution in [0.5, 0.6) is 5.75 Å². The monoisotopic (exact) mass is 503 g/mol. The van der Waals surface area contributed by atoms with Gasteiger partial charge in [-0.25, -0.2) is 8.42 Å². The number of hydrogen-bond acceptors (Lipinski definition) is 6. The SMILES string of the molecule is COc1ccc([C@H](CNC(=O)[C@H](CC(C)C)NS(=O)(=O)c2ccc(C)cc2)N2CCOCC2)cc1. The third-order valence-electron chi connectivity index (χ3n) is 6.11. The summed E-state index contributed by atoms with van der Waals surface area (Å²) in [5.74, 6) is 0.560. The molecule has 2 aromatic carbocycles. The molecular weight excluding hydrogens is 466 g/mol. The second-order valence-corrected chi connectivity index (χ2v) is 11.0. The Balaban J connectivity index is 1.75. The fourth-order valence-corrected chi connectivity index (χ4v) is 5.35. The molecule has 2 N–H and O–H groups in total. The van der Waals surface area contributed by atoms with Crippen LogP contribution >= 0.6 is 0 Å². The molecule has 0 unspecified atom stereocenters. The fourth-order valence-electron chi connectivity index (χ4n) is 4.15. The lowest BCUT2D eigenvalue weighted by Crippen LogP contribution is -2.50. The number of carbonyl (C=O) groups excluding carboxylic acids is 1. The van der Waals surface area contributed by atoms with Crippen LogP contribution in [0.4, 0.5) is 0 Å². The van der Waals surface area contributed by atoms with E-state index < -0.39 is 16.1 Å². The van der Waals surface area contributed by atoms with E-state index in [0.29, 0.717) is 26.2 Å². The number of morpholine rings is 1. The highest BCUT2D eigenvalue weighted by molar-refractivity contribution is 7.89. The van der Waals surface area contributed by atoms with Gasteiger partial charge in [0.15, 0.2) is 0 Å². The Hall–Kier alpha value is -2.46. The normalized spacial score (nSPS) is 16.6. The van der Waals surface area contributed by atoms with E-state index in [-0.39, 0.29) is 22.8 Å². The molecule has 2 aromatic rings. The Kier molecular flexibility index (Phi) is 9.68. The average Bonchev–Trinajstić information content (AvgIpc) is 2.84. The van der Waals surface area contributed by atoms with Gasteiger partial charge in [-0.3, -0.25) is 9.69 Å². The quantitative estimate of drug-likeness (QED) is 0.490. The Morgan fingerprint density at radius 1 is 1.06 bits per heavy atom. The second-order valence-electron chi connectivity index (χ2n) is 9.30. The number of ether oxygens (including phenoxy) is 2. The lowest BCUT2D eigenvalue weighted by atomic mass is 10.0. The Morgan fingerprint density at radius 2 is 1.69 bits per heavy atom. The van der Waals surface area contributed by atoms with Crippen LogP contribution in [0, 0.1) is 12.8 Å². The second kappa shape index (κ2) is 12.5. The van der Waals surface area contributed by atoms with Gasteiger partial charge in [0, 0.05) is 19.6 Å². The molecule has 2 atom stereocenters. The molecule has 3 rings (SSSR count). The number of nitrogens with zero attached hydrogens (tertiary/aromatic N) is 1. The van der Waals surface area contributed by atoms with Crippen molar-refractivity contribution in [2.45, 2.75) is 44.2 Å². The van der Waals surface area contributed by atoms with Crippen molar-refractivity contribution in [1.82, 2.24) is 14.9 Å². The summed E-state index contributed by atoms with van der Waals surface area (Å²) in [4.78, 5) is 15.7. The molecule has 0 aromatic heterocycles. The molecule has 1 heterocycles. The first-order valence-electron chi connectivity index (χ1n) is 12.0. The van der Waals surface area contributed by atoms with Crippen molar-refractivity contribution in [2.24, 2.45) is 5.92 Å². The summed E-state index contributed by atoms with van der Waals surface area (Å²) in [7, 11) is -2.21. The number of nitrogens with one attached hydrogen (secondary N) is 2. The summed E-state index contributed by atoms with van der Waals surface area (Å²) >= 11 is 0. The maximum absolute atomic E-state index is 13.3. The van der Waals surface area contributed by atoms with Gasteiger partial charge in [0.05, 0.1) is 31.3 Å². The van der Waals surface area contributed by atoms with Gasteiger partial charge in [0.1, 0.15) is 11.8 Å². The zero-order valence-electron chi connectivity index (χ0n) is 21.0. The van der Waals surface area contributed by atoms with E-state index in [1.807, 2.05) is 45.0 Å². The van der Waals surface area contributed by atoms with E-state index in [1.54, 1.807) is 31.4 Å². The molecular formula is C26H37N3O5S. The molecule has 0 radical (unpaired) electrons. The summed E-state index contributed by atoms with van der Waals surface area (Å²) in [5, 5.41) is 3.02. The lowest BCUT2D eigenvalue weighted by molar-refractivity contribution is -0.123. The Bertz CT molecular complexity index is 1050. The number of amides is 1. The highest BCUT2D eigenvalue weighted by Gasteiger charge is 2.29. The van der Waals surface area contributed by atoms with Gasteiger partial charge in [0.25, 0.3) is 0 Å². The number of sulfonamides is 1. The van der Waals surface area contributed by atoms with Crippen molar-refractivity contribution < 1.29 is 22.7 Å². The van der Waals surface area contributed by atoms with Gasteiger partial charge in [-0.05, 0) is 49.1 Å². The van der Waals surface area contributed by atoms with Gasteiger partial charge in [-0.1, -0.05) is 43.7 Å². The molecule has 0 saturated carbocycles. The summed E-state index contributed by atoms with van der Waals surface area (Å²) < 4.78 is 39.4. The summed E-state index contributed by atoms with van der Waals surface area (Å²) in [6.07, 6.45) is 0.391. The van der Waals surface area contributed by atoms with Gasteiger partial charge in [-0.15, -0.1) is 0 Å². The van der Waals surface area contributed by atoms with Crippen molar-refractivity contribution in [3.05, 3.63) is 59.7 Å². The maximum Gasteiger partial charge on any atom is 0.241 e. The van der Waals surface area contributed by atoms with E-state index in [0.717, 1.165) is 30.0 Å². The molecule has 35 heavy (non-hydrogen) atoms. The van der Waals surface area contributed by atoms with E-state index in [4.69, 9.17) is 9.47 Å². The standard InChI is InChI=1S/C26H37N3O5S/c1-19(2)17-24(28-35(31,32)23-11-5-20(3)6-12-23)26(30)27-18-25(29-13-15-34-16-14-29)21-7-9-22(33-4)10-8-21/h5-12,19,24-25,28H,13-18H2,1-4H3,(H,27,30)/t24-,25-/m0/s1. The summed E-state index contributed by atoms with van der Waals surface area (Å²) in [6.45, 7) is 8.95. The first kappa shape index (κ1) is 27.1. The maximum atomic E-state index is 13.3. The lowest BCUT2D eigenvalue weighted by Gasteiger charge is -2.35. The Morgan fingerprint density at radius 3 is 2.26 bits per heavy atom. The molecule has 8 nitrogen and oxygen atoms in total. The van der Waals surface area contributed by atoms with E-state index >= 15 is 0 Å². The topological polar surface area (TPSA) is 97.0 Å². The van der Waals surface area contributed by atoms with Crippen LogP contribution in [0.3, 0.4) is 0 Å². The predicted octanol–water partition coefficient (Wildman–Crippen LogP) is 2.89. The minimum Gasteiger partial charge on any atom is -0.497 e. The fraction of sp³-hybridized carbons (Fsp3) is 0.500. The molecule has 0 aliphatic carbocycles. The number of benzene rings is 2. The average molecular weight is 504 g/mol. The third-order valence-corrected chi connectivity index (χ3v) is 7.60. The summed E-state index contributed by atoms with van der Waals surface area (Å²) in [6, 6.07) is 13.5.